The van der Waals surface area contributed by atoms with Gasteiger partial charge in [0, 0.05) is 25.7 Å². The van der Waals surface area contributed by atoms with Crippen LogP contribution in [0.5, 0.6) is 5.75 Å². The van der Waals surface area contributed by atoms with E-state index in [1.54, 1.807) is 4.90 Å². The standard InChI is InChI=1S/C17H21FN2O5/c1-19(16(22)12-3-4-13(18)14(9-12)25-2)10-15(21)20-7-5-11(6-8-20)17(23)24/h3-4,9,11H,5-8,10H2,1-2H3,(H,23,24). The normalized spacial score (nSPS) is 14.9. The lowest BCUT2D eigenvalue weighted by molar-refractivity contribution is -0.145. The van der Waals surface area contributed by atoms with Gasteiger partial charge in [0.05, 0.1) is 19.6 Å². The second-order valence-electron chi connectivity index (χ2n) is 6.00. The highest BCUT2D eigenvalue weighted by Gasteiger charge is 2.28. The summed E-state index contributed by atoms with van der Waals surface area (Å²) in [6.45, 7) is 0.598. The number of benzene rings is 1. The molecule has 0 aliphatic carbocycles. The highest BCUT2D eigenvalue weighted by molar-refractivity contribution is 5.96. The molecule has 1 heterocycles. The van der Waals surface area contributed by atoms with E-state index in [0.717, 1.165) is 6.07 Å². The third-order valence-electron chi connectivity index (χ3n) is 4.31. The van der Waals surface area contributed by atoms with Gasteiger partial charge in [0.1, 0.15) is 0 Å². The van der Waals surface area contributed by atoms with Crippen molar-refractivity contribution in [2.24, 2.45) is 5.92 Å². The summed E-state index contributed by atoms with van der Waals surface area (Å²) in [7, 11) is 2.79. The number of likely N-dealkylation sites (tertiary alicyclic amines) is 1. The first-order valence-corrected chi connectivity index (χ1v) is 7.93. The summed E-state index contributed by atoms with van der Waals surface area (Å²) < 4.78 is 18.3. The molecule has 1 saturated heterocycles. The Morgan fingerprint density at radius 1 is 1.32 bits per heavy atom. The molecule has 1 aromatic rings. The number of hydrogen-bond acceptors (Lipinski definition) is 4. The van der Waals surface area contributed by atoms with Crippen molar-refractivity contribution in [3.63, 3.8) is 0 Å². The smallest absolute Gasteiger partial charge is 0.306 e. The van der Waals surface area contributed by atoms with Crippen molar-refractivity contribution in [1.29, 1.82) is 0 Å². The molecule has 1 aliphatic heterocycles. The van der Waals surface area contributed by atoms with Gasteiger partial charge < -0.3 is 19.6 Å². The fourth-order valence-corrected chi connectivity index (χ4v) is 2.76. The van der Waals surface area contributed by atoms with Crippen LogP contribution >= 0.6 is 0 Å². The number of likely N-dealkylation sites (N-methyl/N-ethyl adjacent to an activating group) is 1. The molecule has 1 aromatic carbocycles. The number of rotatable bonds is 5. The van der Waals surface area contributed by atoms with E-state index in [-0.39, 0.29) is 23.8 Å². The van der Waals surface area contributed by atoms with Gasteiger partial charge in [-0.1, -0.05) is 0 Å². The van der Waals surface area contributed by atoms with Crippen molar-refractivity contribution >= 4 is 17.8 Å². The van der Waals surface area contributed by atoms with Crippen molar-refractivity contribution in [3.8, 4) is 5.75 Å². The number of carbonyl (C=O) groups excluding carboxylic acids is 2. The van der Waals surface area contributed by atoms with Gasteiger partial charge in [-0.15, -0.1) is 0 Å². The molecular formula is C17H21FN2O5. The molecule has 2 amide bonds. The number of carboxylic acid groups (broad SMARTS) is 1. The predicted molar refractivity (Wildman–Crippen MR) is 86.9 cm³/mol. The lowest BCUT2D eigenvalue weighted by Crippen LogP contribution is -2.45. The van der Waals surface area contributed by atoms with E-state index in [4.69, 9.17) is 9.84 Å². The van der Waals surface area contributed by atoms with E-state index < -0.39 is 23.6 Å². The van der Waals surface area contributed by atoms with Gasteiger partial charge in [-0.3, -0.25) is 14.4 Å². The second-order valence-corrected chi connectivity index (χ2v) is 6.00. The quantitative estimate of drug-likeness (QED) is 0.861. The minimum atomic E-state index is -0.843. The van der Waals surface area contributed by atoms with Crippen LogP contribution in [0.1, 0.15) is 23.2 Å². The minimum Gasteiger partial charge on any atom is -0.494 e. The first-order chi connectivity index (χ1) is 11.8. The monoisotopic (exact) mass is 352 g/mol. The summed E-state index contributed by atoms with van der Waals surface area (Å²) in [6, 6.07) is 3.76. The van der Waals surface area contributed by atoms with Gasteiger partial charge in [0.25, 0.3) is 5.91 Å². The van der Waals surface area contributed by atoms with Crippen LogP contribution in [-0.2, 0) is 9.59 Å². The maximum Gasteiger partial charge on any atom is 0.306 e. The van der Waals surface area contributed by atoms with Crippen LogP contribution < -0.4 is 4.74 Å². The maximum absolute atomic E-state index is 13.4. The molecule has 8 heteroatoms. The van der Waals surface area contributed by atoms with Gasteiger partial charge in [0.15, 0.2) is 11.6 Å². The number of ether oxygens (including phenoxy) is 1. The van der Waals surface area contributed by atoms with Gasteiger partial charge in [-0.05, 0) is 31.0 Å². The molecule has 0 radical (unpaired) electrons. The van der Waals surface area contributed by atoms with E-state index in [9.17, 15) is 18.8 Å². The number of hydrogen-bond donors (Lipinski definition) is 1. The first-order valence-electron chi connectivity index (χ1n) is 7.93. The highest BCUT2D eigenvalue weighted by atomic mass is 19.1. The lowest BCUT2D eigenvalue weighted by Gasteiger charge is -2.31. The molecule has 2 rings (SSSR count). The number of carboxylic acids is 1. The number of piperidine rings is 1. The van der Waals surface area contributed by atoms with Gasteiger partial charge in [-0.25, -0.2) is 4.39 Å². The van der Waals surface area contributed by atoms with Crippen LogP contribution in [0.3, 0.4) is 0 Å². The van der Waals surface area contributed by atoms with Gasteiger partial charge >= 0.3 is 5.97 Å². The largest absolute Gasteiger partial charge is 0.494 e. The van der Waals surface area contributed by atoms with E-state index in [2.05, 4.69) is 0 Å². The molecule has 1 N–H and O–H groups in total. The topological polar surface area (TPSA) is 87.2 Å². The van der Waals surface area contributed by atoms with E-state index >= 15 is 0 Å². The van der Waals surface area contributed by atoms with E-state index in [0.29, 0.717) is 25.9 Å². The third-order valence-corrected chi connectivity index (χ3v) is 4.31. The zero-order valence-corrected chi connectivity index (χ0v) is 14.2. The number of aliphatic carboxylic acids is 1. The minimum absolute atomic E-state index is 0.0404. The first kappa shape index (κ1) is 18.7. The van der Waals surface area contributed by atoms with Crippen LogP contribution in [0.2, 0.25) is 0 Å². The fraction of sp³-hybridized carbons (Fsp3) is 0.471. The number of carbonyl (C=O) groups is 3. The van der Waals surface area contributed by atoms with Crippen molar-refractivity contribution in [2.75, 3.05) is 33.8 Å². The highest BCUT2D eigenvalue weighted by Crippen LogP contribution is 2.20. The van der Waals surface area contributed by atoms with Crippen molar-refractivity contribution < 1.29 is 28.6 Å². The van der Waals surface area contributed by atoms with Crippen molar-refractivity contribution in [1.82, 2.24) is 9.80 Å². The summed E-state index contributed by atoms with van der Waals surface area (Å²) in [5.74, 6) is -2.54. The fourth-order valence-electron chi connectivity index (χ4n) is 2.76. The summed E-state index contributed by atoms with van der Waals surface area (Å²) in [6.07, 6.45) is 0.821. The SMILES string of the molecule is COc1cc(C(=O)N(C)CC(=O)N2CCC(C(=O)O)CC2)ccc1F. The van der Waals surface area contributed by atoms with Crippen molar-refractivity contribution in [3.05, 3.63) is 29.6 Å². The van der Waals surface area contributed by atoms with Crippen molar-refractivity contribution in [2.45, 2.75) is 12.8 Å². The van der Waals surface area contributed by atoms with E-state index in [1.165, 1.54) is 31.2 Å². The Labute approximate surface area is 145 Å². The molecule has 0 spiro atoms. The summed E-state index contributed by atoms with van der Waals surface area (Å²) in [4.78, 5) is 38.4. The van der Waals surface area contributed by atoms with Crippen LogP contribution in [0, 0.1) is 11.7 Å². The molecule has 0 unspecified atom stereocenters. The maximum atomic E-state index is 13.4. The predicted octanol–water partition coefficient (Wildman–Crippen LogP) is 1.23. The zero-order chi connectivity index (χ0) is 18.6. The molecule has 7 nitrogen and oxygen atoms in total. The molecule has 1 aliphatic rings. The molecule has 0 atom stereocenters. The van der Waals surface area contributed by atoms with Gasteiger partial charge in [-0.2, -0.15) is 0 Å². The zero-order valence-electron chi connectivity index (χ0n) is 14.2. The number of halogens is 1. The summed E-state index contributed by atoms with van der Waals surface area (Å²) in [5, 5.41) is 8.98. The number of nitrogens with zero attached hydrogens (tertiary/aromatic N) is 2. The molecule has 0 aromatic heterocycles. The Balaban J connectivity index is 1.95. The molecule has 0 saturated carbocycles. The number of amides is 2. The lowest BCUT2D eigenvalue weighted by atomic mass is 9.97. The Bertz CT molecular complexity index is 671. The van der Waals surface area contributed by atoms with Crippen LogP contribution in [0.25, 0.3) is 0 Å². The van der Waals surface area contributed by atoms with Crippen LogP contribution in [0.15, 0.2) is 18.2 Å². The number of methoxy groups -OCH3 is 1. The average Bonchev–Trinajstić information content (AvgIpc) is 2.61. The molecule has 1 fully saturated rings. The Kier molecular flexibility index (Phi) is 5.95. The summed E-state index contributed by atoms with van der Waals surface area (Å²) >= 11 is 0. The van der Waals surface area contributed by atoms with Crippen LogP contribution in [-0.4, -0.2) is 66.5 Å². The average molecular weight is 352 g/mol. The molecule has 25 heavy (non-hydrogen) atoms. The Hall–Kier alpha value is -2.64. The summed E-state index contributed by atoms with van der Waals surface area (Å²) in [5.41, 5.74) is 0.220. The molecule has 136 valence electrons. The van der Waals surface area contributed by atoms with E-state index in [1.807, 2.05) is 0 Å². The Morgan fingerprint density at radius 3 is 2.52 bits per heavy atom. The Morgan fingerprint density at radius 2 is 1.96 bits per heavy atom. The van der Waals surface area contributed by atoms with Crippen LogP contribution in [0.4, 0.5) is 4.39 Å². The van der Waals surface area contributed by atoms with Gasteiger partial charge in [0.2, 0.25) is 5.91 Å². The second kappa shape index (κ2) is 7.96. The molecular weight excluding hydrogens is 331 g/mol. The molecule has 0 bridgehead atoms. The third kappa shape index (κ3) is 4.46.